The van der Waals surface area contributed by atoms with Crippen molar-refractivity contribution in [1.82, 2.24) is 14.8 Å². The van der Waals surface area contributed by atoms with Crippen LogP contribution in [-0.4, -0.2) is 54.0 Å². The minimum atomic E-state index is -0.440. The number of hydrogen-bond donors (Lipinski definition) is 1. The molecular formula is C16H17N3O4. The van der Waals surface area contributed by atoms with Gasteiger partial charge >= 0.3 is 5.97 Å². The van der Waals surface area contributed by atoms with E-state index < -0.39 is 5.97 Å². The Bertz CT molecular complexity index is 781. The normalized spacial score (nSPS) is 14.7. The number of ether oxygens (including phenoxy) is 1. The molecule has 1 fully saturated rings. The molecule has 0 unspecified atom stereocenters. The van der Waals surface area contributed by atoms with E-state index in [0.717, 1.165) is 10.9 Å². The van der Waals surface area contributed by atoms with Crippen LogP contribution in [0.2, 0.25) is 0 Å². The number of para-hydroxylation sites is 1. The molecule has 1 aromatic heterocycles. The fourth-order valence-electron chi connectivity index (χ4n) is 2.75. The minimum absolute atomic E-state index is 0.0713. The number of aromatic nitrogens is 1. The summed E-state index contributed by atoms with van der Waals surface area (Å²) in [6, 6.07) is 7.34. The van der Waals surface area contributed by atoms with Crippen molar-refractivity contribution in [2.45, 2.75) is 6.54 Å². The molecule has 3 rings (SSSR count). The van der Waals surface area contributed by atoms with Crippen LogP contribution >= 0.6 is 0 Å². The van der Waals surface area contributed by atoms with Crippen molar-refractivity contribution in [3.05, 3.63) is 36.0 Å². The van der Waals surface area contributed by atoms with Crippen LogP contribution in [0.1, 0.15) is 10.4 Å². The molecule has 2 amide bonds. The van der Waals surface area contributed by atoms with E-state index in [0.29, 0.717) is 18.7 Å². The highest BCUT2D eigenvalue weighted by molar-refractivity contribution is 6.04. The first-order valence-corrected chi connectivity index (χ1v) is 7.31. The van der Waals surface area contributed by atoms with Gasteiger partial charge in [0, 0.05) is 30.2 Å². The first kappa shape index (κ1) is 15.1. The molecule has 7 nitrogen and oxygen atoms in total. The van der Waals surface area contributed by atoms with Crippen LogP contribution < -0.4 is 5.32 Å². The van der Waals surface area contributed by atoms with Crippen molar-refractivity contribution in [1.29, 1.82) is 0 Å². The minimum Gasteiger partial charge on any atom is -0.465 e. The molecule has 23 heavy (non-hydrogen) atoms. The van der Waals surface area contributed by atoms with E-state index in [1.165, 1.54) is 12.0 Å². The zero-order valence-electron chi connectivity index (χ0n) is 12.7. The molecule has 0 radical (unpaired) electrons. The second-order valence-electron chi connectivity index (χ2n) is 5.34. The molecule has 7 heteroatoms. The van der Waals surface area contributed by atoms with E-state index in [1.807, 2.05) is 24.3 Å². The maximum atomic E-state index is 12.4. The number of esters is 1. The quantitative estimate of drug-likeness (QED) is 0.831. The molecule has 0 spiro atoms. The Morgan fingerprint density at radius 2 is 2.09 bits per heavy atom. The topological polar surface area (TPSA) is 80.6 Å². The van der Waals surface area contributed by atoms with E-state index in [1.54, 1.807) is 10.8 Å². The molecular weight excluding hydrogens is 298 g/mol. The van der Waals surface area contributed by atoms with Crippen LogP contribution in [-0.2, 0) is 20.9 Å². The van der Waals surface area contributed by atoms with Crippen molar-refractivity contribution in [3.63, 3.8) is 0 Å². The summed E-state index contributed by atoms with van der Waals surface area (Å²) >= 11 is 0. The lowest BCUT2D eigenvalue weighted by Gasteiger charge is -2.26. The first-order chi connectivity index (χ1) is 11.1. The van der Waals surface area contributed by atoms with Gasteiger partial charge in [-0.3, -0.25) is 9.59 Å². The third-order valence-corrected chi connectivity index (χ3v) is 3.89. The van der Waals surface area contributed by atoms with Crippen molar-refractivity contribution >= 4 is 28.7 Å². The van der Waals surface area contributed by atoms with Gasteiger partial charge < -0.3 is 19.5 Å². The molecule has 0 bridgehead atoms. The fourth-order valence-corrected chi connectivity index (χ4v) is 2.75. The van der Waals surface area contributed by atoms with Crippen molar-refractivity contribution < 1.29 is 19.1 Å². The van der Waals surface area contributed by atoms with E-state index in [4.69, 9.17) is 4.74 Å². The zero-order chi connectivity index (χ0) is 16.4. The first-order valence-electron chi connectivity index (χ1n) is 7.31. The number of benzene rings is 1. The highest BCUT2D eigenvalue weighted by Gasteiger charge is 2.23. The second kappa shape index (κ2) is 6.12. The summed E-state index contributed by atoms with van der Waals surface area (Å²) in [5.74, 6) is -0.751. The average molecular weight is 315 g/mol. The summed E-state index contributed by atoms with van der Waals surface area (Å²) in [5.41, 5.74) is 1.20. The number of carbonyl (C=O) groups is 3. The standard InChI is InChI=1S/C16H17N3O4/c1-23-16(22)12-8-19(13-5-3-2-4-11(12)13)10-15(21)18-7-6-17-14(20)9-18/h2-5,8H,6-7,9-10H2,1H3,(H,17,20). The zero-order valence-corrected chi connectivity index (χ0v) is 12.7. The van der Waals surface area contributed by atoms with Crippen LogP contribution in [0.5, 0.6) is 0 Å². The largest absolute Gasteiger partial charge is 0.465 e. The van der Waals surface area contributed by atoms with Gasteiger partial charge in [0.1, 0.15) is 6.54 Å². The van der Waals surface area contributed by atoms with Crippen molar-refractivity contribution in [3.8, 4) is 0 Å². The SMILES string of the molecule is COC(=O)c1cn(CC(=O)N2CCNC(=O)C2)c2ccccc12. The molecule has 120 valence electrons. The van der Waals surface area contributed by atoms with Crippen LogP contribution in [0.15, 0.2) is 30.5 Å². The predicted octanol–water partition coefficient (Wildman–Crippen LogP) is 0.386. The smallest absolute Gasteiger partial charge is 0.340 e. The Balaban J connectivity index is 1.89. The summed E-state index contributed by atoms with van der Waals surface area (Å²) in [4.78, 5) is 37.2. The maximum Gasteiger partial charge on any atom is 0.340 e. The highest BCUT2D eigenvalue weighted by Crippen LogP contribution is 2.22. The molecule has 0 atom stereocenters. The van der Waals surface area contributed by atoms with Gasteiger partial charge in [-0.05, 0) is 6.07 Å². The Morgan fingerprint density at radius 1 is 1.30 bits per heavy atom. The third-order valence-electron chi connectivity index (χ3n) is 3.89. The number of carbonyl (C=O) groups excluding carboxylic acids is 3. The van der Waals surface area contributed by atoms with Crippen molar-refractivity contribution in [2.75, 3.05) is 26.7 Å². The second-order valence-corrected chi connectivity index (χ2v) is 5.34. The number of hydrogen-bond acceptors (Lipinski definition) is 4. The maximum absolute atomic E-state index is 12.4. The number of methoxy groups -OCH3 is 1. The molecule has 0 saturated carbocycles. The Labute approximate surface area is 132 Å². The predicted molar refractivity (Wildman–Crippen MR) is 82.9 cm³/mol. The molecule has 1 saturated heterocycles. The molecule has 1 aliphatic heterocycles. The summed E-state index contributed by atoms with van der Waals surface area (Å²) < 4.78 is 6.51. The fraction of sp³-hybridized carbons (Fsp3) is 0.312. The number of rotatable bonds is 3. The Kier molecular flexibility index (Phi) is 4.01. The monoisotopic (exact) mass is 315 g/mol. The molecule has 1 N–H and O–H groups in total. The molecule has 1 aliphatic rings. The van der Waals surface area contributed by atoms with E-state index in [-0.39, 0.29) is 24.9 Å². The van der Waals surface area contributed by atoms with Gasteiger partial charge in [0.05, 0.1) is 19.2 Å². The van der Waals surface area contributed by atoms with Gasteiger partial charge in [-0.1, -0.05) is 18.2 Å². The van der Waals surface area contributed by atoms with Crippen molar-refractivity contribution in [2.24, 2.45) is 0 Å². The summed E-state index contributed by atoms with van der Waals surface area (Å²) in [7, 11) is 1.33. The number of amides is 2. The molecule has 2 heterocycles. The van der Waals surface area contributed by atoms with Gasteiger partial charge in [-0.25, -0.2) is 4.79 Å². The molecule has 0 aliphatic carbocycles. The van der Waals surface area contributed by atoms with Gasteiger partial charge in [0.25, 0.3) is 0 Å². The Morgan fingerprint density at radius 3 is 2.83 bits per heavy atom. The number of fused-ring (bicyclic) bond motifs is 1. The highest BCUT2D eigenvalue weighted by atomic mass is 16.5. The van der Waals surface area contributed by atoms with E-state index >= 15 is 0 Å². The van der Waals surface area contributed by atoms with E-state index in [2.05, 4.69) is 5.32 Å². The summed E-state index contributed by atoms with van der Waals surface area (Å²) in [6.45, 7) is 1.10. The lowest BCUT2D eigenvalue weighted by molar-refractivity contribution is -0.138. The van der Waals surface area contributed by atoms with Crippen LogP contribution in [0.3, 0.4) is 0 Å². The summed E-state index contributed by atoms with van der Waals surface area (Å²) in [6.07, 6.45) is 1.62. The van der Waals surface area contributed by atoms with Crippen LogP contribution in [0.4, 0.5) is 0 Å². The van der Waals surface area contributed by atoms with Gasteiger partial charge in [-0.15, -0.1) is 0 Å². The van der Waals surface area contributed by atoms with Gasteiger partial charge in [0.2, 0.25) is 11.8 Å². The molecule has 2 aromatic rings. The lowest BCUT2D eigenvalue weighted by Crippen LogP contribution is -2.50. The van der Waals surface area contributed by atoms with E-state index in [9.17, 15) is 14.4 Å². The number of piperazine rings is 1. The Hall–Kier alpha value is -2.83. The van der Waals surface area contributed by atoms with Gasteiger partial charge in [-0.2, -0.15) is 0 Å². The lowest BCUT2D eigenvalue weighted by atomic mass is 10.2. The third kappa shape index (κ3) is 2.90. The molecule has 1 aromatic carbocycles. The summed E-state index contributed by atoms with van der Waals surface area (Å²) in [5, 5.41) is 3.43. The number of nitrogens with one attached hydrogen (secondary N) is 1. The number of nitrogens with zero attached hydrogens (tertiary/aromatic N) is 2. The van der Waals surface area contributed by atoms with Crippen LogP contribution in [0.25, 0.3) is 10.9 Å². The van der Waals surface area contributed by atoms with Gasteiger partial charge in [0.15, 0.2) is 0 Å². The average Bonchev–Trinajstić information content (AvgIpc) is 2.93. The van der Waals surface area contributed by atoms with Crippen LogP contribution in [0, 0.1) is 0 Å².